The molecule has 1 unspecified atom stereocenters. The van der Waals surface area contributed by atoms with Gasteiger partial charge in [-0.25, -0.2) is 0 Å². The van der Waals surface area contributed by atoms with Crippen LogP contribution in [0.1, 0.15) is 31.9 Å². The Kier molecular flexibility index (Phi) is 5.37. The lowest BCUT2D eigenvalue weighted by atomic mass is 10.0. The number of rotatable bonds is 6. The molecule has 2 heteroatoms. The molecule has 1 rings (SSSR count). The Morgan fingerprint density at radius 2 is 1.87 bits per heavy atom. The predicted molar refractivity (Wildman–Crippen MR) is 63.7 cm³/mol. The van der Waals surface area contributed by atoms with Crippen molar-refractivity contribution in [2.75, 3.05) is 13.2 Å². The summed E-state index contributed by atoms with van der Waals surface area (Å²) in [6.07, 6.45) is 0.775. The highest BCUT2D eigenvalue weighted by Crippen LogP contribution is 2.16. The fraction of sp³-hybridized carbons (Fsp3) is 0.538. The van der Waals surface area contributed by atoms with Crippen LogP contribution in [-0.2, 0) is 0 Å². The van der Waals surface area contributed by atoms with Gasteiger partial charge < -0.3 is 10.4 Å². The van der Waals surface area contributed by atoms with Gasteiger partial charge in [-0.3, -0.25) is 0 Å². The van der Waals surface area contributed by atoms with E-state index >= 15 is 0 Å². The fourth-order valence-corrected chi connectivity index (χ4v) is 1.58. The molecule has 0 aromatic heterocycles. The standard InChI is InChI=1S/C13H21NO/c1-11(2)10-14-13(8-9-15)12-6-4-3-5-7-12/h3-7,11,13-15H,8-10H2,1-2H3. The minimum Gasteiger partial charge on any atom is -0.396 e. The number of hydrogen-bond acceptors (Lipinski definition) is 2. The summed E-state index contributed by atoms with van der Waals surface area (Å²) in [4.78, 5) is 0. The molecule has 2 N–H and O–H groups in total. The Morgan fingerprint density at radius 1 is 1.20 bits per heavy atom. The van der Waals surface area contributed by atoms with E-state index in [1.165, 1.54) is 5.56 Å². The first kappa shape index (κ1) is 12.2. The van der Waals surface area contributed by atoms with Gasteiger partial charge in [-0.1, -0.05) is 44.2 Å². The van der Waals surface area contributed by atoms with E-state index in [0.29, 0.717) is 5.92 Å². The van der Waals surface area contributed by atoms with Crippen LogP contribution in [0.3, 0.4) is 0 Å². The number of aliphatic hydroxyl groups excluding tert-OH is 1. The highest BCUT2D eigenvalue weighted by atomic mass is 16.3. The smallest absolute Gasteiger partial charge is 0.0449 e. The van der Waals surface area contributed by atoms with E-state index in [1.807, 2.05) is 18.2 Å². The third-order valence-electron chi connectivity index (χ3n) is 2.39. The molecule has 0 spiro atoms. The normalized spacial score (nSPS) is 13.1. The Bertz CT molecular complexity index is 258. The molecule has 1 aromatic carbocycles. The Labute approximate surface area is 92.3 Å². The zero-order valence-corrected chi connectivity index (χ0v) is 9.61. The lowest BCUT2D eigenvalue weighted by Crippen LogP contribution is -2.26. The molecule has 0 aliphatic carbocycles. The van der Waals surface area contributed by atoms with Gasteiger partial charge in [-0.05, 0) is 24.4 Å². The maximum atomic E-state index is 9.02. The predicted octanol–water partition coefficient (Wildman–Crippen LogP) is 2.36. The van der Waals surface area contributed by atoms with Gasteiger partial charge in [-0.15, -0.1) is 0 Å². The van der Waals surface area contributed by atoms with Gasteiger partial charge in [-0.2, -0.15) is 0 Å². The van der Waals surface area contributed by atoms with Crippen molar-refractivity contribution >= 4 is 0 Å². The van der Waals surface area contributed by atoms with Crippen molar-refractivity contribution in [3.63, 3.8) is 0 Å². The molecular weight excluding hydrogens is 186 g/mol. The zero-order valence-electron chi connectivity index (χ0n) is 9.61. The van der Waals surface area contributed by atoms with Crippen LogP contribution in [0.15, 0.2) is 30.3 Å². The van der Waals surface area contributed by atoms with E-state index in [1.54, 1.807) is 0 Å². The van der Waals surface area contributed by atoms with Gasteiger partial charge in [0.1, 0.15) is 0 Å². The van der Waals surface area contributed by atoms with Gasteiger partial charge in [0.25, 0.3) is 0 Å². The van der Waals surface area contributed by atoms with E-state index in [4.69, 9.17) is 5.11 Å². The number of nitrogens with one attached hydrogen (secondary N) is 1. The summed E-state index contributed by atoms with van der Waals surface area (Å²) in [6.45, 7) is 5.59. The second-order valence-electron chi connectivity index (χ2n) is 4.28. The third-order valence-corrected chi connectivity index (χ3v) is 2.39. The van der Waals surface area contributed by atoms with Gasteiger partial charge in [0.2, 0.25) is 0 Å². The highest BCUT2D eigenvalue weighted by molar-refractivity contribution is 5.18. The van der Waals surface area contributed by atoms with Crippen molar-refractivity contribution in [1.29, 1.82) is 0 Å². The van der Waals surface area contributed by atoms with Crippen LogP contribution in [-0.4, -0.2) is 18.3 Å². The molecule has 0 saturated heterocycles. The maximum absolute atomic E-state index is 9.02. The Hall–Kier alpha value is -0.860. The summed E-state index contributed by atoms with van der Waals surface area (Å²) < 4.78 is 0. The summed E-state index contributed by atoms with van der Waals surface area (Å²) in [6, 6.07) is 10.6. The number of hydrogen-bond donors (Lipinski definition) is 2. The van der Waals surface area contributed by atoms with E-state index in [9.17, 15) is 0 Å². The molecule has 0 amide bonds. The third kappa shape index (κ3) is 4.45. The summed E-state index contributed by atoms with van der Waals surface area (Å²) in [5.74, 6) is 0.634. The van der Waals surface area contributed by atoms with E-state index in [-0.39, 0.29) is 12.6 Å². The van der Waals surface area contributed by atoms with Crippen LogP contribution in [0.2, 0.25) is 0 Å². The van der Waals surface area contributed by atoms with Gasteiger partial charge in [0, 0.05) is 12.6 Å². The fourth-order valence-electron chi connectivity index (χ4n) is 1.58. The van der Waals surface area contributed by atoms with E-state index in [0.717, 1.165) is 13.0 Å². The molecule has 1 aromatic rings. The lowest BCUT2D eigenvalue weighted by Gasteiger charge is -2.19. The van der Waals surface area contributed by atoms with Crippen molar-refractivity contribution in [2.24, 2.45) is 5.92 Å². The lowest BCUT2D eigenvalue weighted by molar-refractivity contribution is 0.263. The van der Waals surface area contributed by atoms with Crippen LogP contribution in [0.4, 0.5) is 0 Å². The molecular formula is C13H21NO. The molecule has 0 aliphatic heterocycles. The van der Waals surface area contributed by atoms with Crippen LogP contribution >= 0.6 is 0 Å². The van der Waals surface area contributed by atoms with Crippen molar-refractivity contribution in [2.45, 2.75) is 26.3 Å². The average Bonchev–Trinajstić information content (AvgIpc) is 2.25. The second-order valence-corrected chi connectivity index (χ2v) is 4.28. The van der Waals surface area contributed by atoms with Crippen molar-refractivity contribution in [1.82, 2.24) is 5.32 Å². The minimum absolute atomic E-state index is 0.227. The van der Waals surface area contributed by atoms with Gasteiger partial charge in [0.05, 0.1) is 0 Å². The van der Waals surface area contributed by atoms with Crippen LogP contribution < -0.4 is 5.32 Å². The van der Waals surface area contributed by atoms with Crippen molar-refractivity contribution in [3.05, 3.63) is 35.9 Å². The molecule has 0 bridgehead atoms. The molecule has 1 atom stereocenters. The molecule has 15 heavy (non-hydrogen) atoms. The molecule has 0 radical (unpaired) electrons. The number of benzene rings is 1. The van der Waals surface area contributed by atoms with E-state index < -0.39 is 0 Å². The molecule has 84 valence electrons. The molecule has 0 saturated carbocycles. The quantitative estimate of drug-likeness (QED) is 0.750. The summed E-state index contributed by atoms with van der Waals surface area (Å²) >= 11 is 0. The molecule has 0 aliphatic rings. The first-order valence-corrected chi connectivity index (χ1v) is 5.63. The van der Waals surface area contributed by atoms with Crippen LogP contribution in [0, 0.1) is 5.92 Å². The van der Waals surface area contributed by atoms with Gasteiger partial charge in [0.15, 0.2) is 0 Å². The average molecular weight is 207 g/mol. The van der Waals surface area contributed by atoms with Crippen LogP contribution in [0.5, 0.6) is 0 Å². The molecule has 2 nitrogen and oxygen atoms in total. The summed E-state index contributed by atoms with van der Waals surface area (Å²) in [7, 11) is 0. The van der Waals surface area contributed by atoms with Gasteiger partial charge >= 0.3 is 0 Å². The first-order chi connectivity index (χ1) is 7.24. The number of aliphatic hydroxyl groups is 1. The maximum Gasteiger partial charge on any atom is 0.0449 e. The monoisotopic (exact) mass is 207 g/mol. The second kappa shape index (κ2) is 6.59. The Balaban J connectivity index is 2.57. The highest BCUT2D eigenvalue weighted by Gasteiger charge is 2.09. The summed E-state index contributed by atoms with van der Waals surface area (Å²) in [5, 5.41) is 12.5. The largest absolute Gasteiger partial charge is 0.396 e. The minimum atomic E-state index is 0.227. The summed E-state index contributed by atoms with van der Waals surface area (Å²) in [5.41, 5.74) is 1.26. The van der Waals surface area contributed by atoms with Crippen LogP contribution in [0.25, 0.3) is 0 Å². The molecule has 0 heterocycles. The van der Waals surface area contributed by atoms with E-state index in [2.05, 4.69) is 31.3 Å². The first-order valence-electron chi connectivity index (χ1n) is 5.63. The topological polar surface area (TPSA) is 32.3 Å². The SMILES string of the molecule is CC(C)CNC(CCO)c1ccccc1. The Morgan fingerprint density at radius 3 is 2.40 bits per heavy atom. The molecule has 0 fully saturated rings. The van der Waals surface area contributed by atoms with Crippen molar-refractivity contribution < 1.29 is 5.11 Å². The van der Waals surface area contributed by atoms with Crippen molar-refractivity contribution in [3.8, 4) is 0 Å². The zero-order chi connectivity index (χ0) is 11.1.